The van der Waals surface area contributed by atoms with Gasteiger partial charge in [0.05, 0.1) is 24.1 Å². The largest absolute Gasteiger partial charge is 0.495 e. The second-order valence-corrected chi connectivity index (χ2v) is 12.8. The number of rotatable bonds is 14. The van der Waals surface area contributed by atoms with Crippen molar-refractivity contribution in [3.05, 3.63) is 93.4 Å². The number of nitrogens with one attached hydrogen (secondary N) is 1. The number of hydrogen-bond acceptors (Lipinski definition) is 5. The van der Waals surface area contributed by atoms with E-state index in [1.165, 1.54) is 24.1 Å². The Labute approximate surface area is 255 Å². The van der Waals surface area contributed by atoms with E-state index in [0.29, 0.717) is 12.3 Å². The molecule has 2 amide bonds. The quantitative estimate of drug-likeness (QED) is 0.232. The van der Waals surface area contributed by atoms with Gasteiger partial charge >= 0.3 is 0 Å². The van der Waals surface area contributed by atoms with Crippen molar-refractivity contribution in [3.8, 4) is 5.75 Å². The molecule has 0 aliphatic rings. The zero-order chi connectivity index (χ0) is 30.0. The molecule has 0 aromatic heterocycles. The smallest absolute Gasteiger partial charge is 0.244 e. The Morgan fingerprint density at radius 2 is 1.73 bits per heavy atom. The second kappa shape index (κ2) is 15.2. The minimum atomic E-state index is -3.91. The van der Waals surface area contributed by atoms with Crippen LogP contribution in [-0.4, -0.2) is 57.6 Å². The van der Waals surface area contributed by atoms with Gasteiger partial charge in [0.15, 0.2) is 0 Å². The maximum atomic E-state index is 14.1. The van der Waals surface area contributed by atoms with E-state index < -0.39 is 28.5 Å². The van der Waals surface area contributed by atoms with Crippen LogP contribution in [0.25, 0.3) is 0 Å². The molecule has 3 aromatic rings. The molecule has 1 N–H and O–H groups in total. The highest BCUT2D eigenvalue weighted by molar-refractivity contribution is 9.10. The first-order valence-electron chi connectivity index (χ1n) is 13.2. The Morgan fingerprint density at radius 1 is 1.02 bits per heavy atom. The first kappa shape index (κ1) is 32.4. The first-order chi connectivity index (χ1) is 19.5. The maximum absolute atomic E-state index is 14.1. The van der Waals surface area contributed by atoms with Crippen LogP contribution in [0.15, 0.2) is 77.3 Å². The van der Waals surface area contributed by atoms with E-state index in [9.17, 15) is 18.0 Å². The van der Waals surface area contributed by atoms with Crippen molar-refractivity contribution < 1.29 is 22.7 Å². The molecule has 41 heavy (non-hydrogen) atoms. The molecule has 0 fully saturated rings. The Kier molecular flexibility index (Phi) is 12.1. The summed E-state index contributed by atoms with van der Waals surface area (Å²) in [6.07, 6.45) is 2.98. The van der Waals surface area contributed by atoms with Crippen LogP contribution in [0.3, 0.4) is 0 Å². The summed E-state index contributed by atoms with van der Waals surface area (Å²) in [6, 6.07) is 20.5. The average molecular weight is 665 g/mol. The first-order valence-corrected chi connectivity index (χ1v) is 16.2. The molecule has 3 rings (SSSR count). The van der Waals surface area contributed by atoms with Gasteiger partial charge < -0.3 is 15.0 Å². The molecule has 0 spiro atoms. The molecule has 0 aliphatic heterocycles. The number of carbonyl (C=O) groups excluding carboxylic acids is 2. The van der Waals surface area contributed by atoms with Crippen LogP contribution in [-0.2, 0) is 32.6 Å². The molecule has 3 aromatic carbocycles. The number of ether oxygens (including phenoxy) is 1. The lowest BCUT2D eigenvalue weighted by Gasteiger charge is -2.33. The van der Waals surface area contributed by atoms with E-state index in [4.69, 9.17) is 16.3 Å². The number of sulfonamides is 1. The van der Waals surface area contributed by atoms with Gasteiger partial charge in [-0.2, -0.15) is 0 Å². The number of benzene rings is 3. The highest BCUT2D eigenvalue weighted by Gasteiger charge is 2.33. The van der Waals surface area contributed by atoms with E-state index in [0.717, 1.165) is 39.0 Å². The number of hydrogen-bond donors (Lipinski definition) is 1. The lowest BCUT2D eigenvalue weighted by molar-refractivity contribution is -0.140. The minimum Gasteiger partial charge on any atom is -0.495 e. The number of carbonyl (C=O) groups is 2. The maximum Gasteiger partial charge on any atom is 0.244 e. The van der Waals surface area contributed by atoms with E-state index >= 15 is 0 Å². The summed E-state index contributed by atoms with van der Waals surface area (Å²) in [5, 5.41) is 3.17. The minimum absolute atomic E-state index is 0.0952. The van der Waals surface area contributed by atoms with Crippen LogP contribution in [0.2, 0.25) is 5.02 Å². The Bertz CT molecular complexity index is 1440. The summed E-state index contributed by atoms with van der Waals surface area (Å²) in [5.41, 5.74) is 1.86. The third-order valence-electron chi connectivity index (χ3n) is 6.45. The fourth-order valence-corrected chi connectivity index (χ4v) is 5.86. The van der Waals surface area contributed by atoms with E-state index in [1.54, 1.807) is 6.07 Å². The molecule has 1 unspecified atom stereocenters. The van der Waals surface area contributed by atoms with Gasteiger partial charge in [0, 0.05) is 24.0 Å². The normalized spacial score (nSPS) is 11.9. The summed E-state index contributed by atoms with van der Waals surface area (Å²) < 4.78 is 32.8. The summed E-state index contributed by atoms with van der Waals surface area (Å²) in [6.45, 7) is 2.07. The third-order valence-corrected chi connectivity index (χ3v) is 8.37. The molecule has 8 nitrogen and oxygen atoms in total. The molecule has 0 heterocycles. The molecule has 1 atom stereocenters. The van der Waals surface area contributed by atoms with Crippen LogP contribution in [0, 0.1) is 0 Å². The predicted molar refractivity (Wildman–Crippen MR) is 167 cm³/mol. The molecule has 11 heteroatoms. The van der Waals surface area contributed by atoms with Crippen LogP contribution >= 0.6 is 27.5 Å². The molecule has 0 radical (unpaired) electrons. The monoisotopic (exact) mass is 663 g/mol. The van der Waals surface area contributed by atoms with Gasteiger partial charge in [0.2, 0.25) is 21.8 Å². The van der Waals surface area contributed by atoms with E-state index in [2.05, 4.69) is 21.2 Å². The number of nitrogens with zero attached hydrogens (tertiary/aromatic N) is 2. The number of unbranched alkanes of at least 4 members (excludes halogenated alkanes) is 1. The zero-order valence-electron chi connectivity index (χ0n) is 23.3. The molecular formula is C30H35BrClN3O5S. The van der Waals surface area contributed by atoms with Crippen LogP contribution < -0.4 is 14.4 Å². The van der Waals surface area contributed by atoms with E-state index in [-0.39, 0.29) is 29.6 Å². The summed E-state index contributed by atoms with van der Waals surface area (Å²) in [4.78, 5) is 29.2. The van der Waals surface area contributed by atoms with E-state index in [1.807, 2.05) is 61.5 Å². The highest BCUT2D eigenvalue weighted by atomic mass is 79.9. The van der Waals surface area contributed by atoms with Crippen molar-refractivity contribution in [2.24, 2.45) is 0 Å². The van der Waals surface area contributed by atoms with Gasteiger partial charge in [-0.3, -0.25) is 13.9 Å². The Morgan fingerprint density at radius 3 is 2.34 bits per heavy atom. The van der Waals surface area contributed by atoms with Crippen molar-refractivity contribution >= 4 is 55.1 Å². The summed E-state index contributed by atoms with van der Waals surface area (Å²) >= 11 is 9.76. The Hall–Kier alpha value is -3.08. The fourth-order valence-electron chi connectivity index (χ4n) is 4.32. The third kappa shape index (κ3) is 9.48. The number of methoxy groups -OCH3 is 1. The van der Waals surface area contributed by atoms with Gasteiger partial charge in [0.1, 0.15) is 18.3 Å². The highest BCUT2D eigenvalue weighted by Crippen LogP contribution is 2.30. The predicted octanol–water partition coefficient (Wildman–Crippen LogP) is 5.43. The van der Waals surface area contributed by atoms with Gasteiger partial charge in [-0.05, 0) is 47.9 Å². The van der Waals surface area contributed by atoms with Crippen molar-refractivity contribution in [2.45, 2.75) is 38.8 Å². The fraction of sp³-hybridized carbons (Fsp3) is 0.333. The van der Waals surface area contributed by atoms with Crippen molar-refractivity contribution in [1.29, 1.82) is 0 Å². The lowest BCUT2D eigenvalue weighted by atomic mass is 10.0. The van der Waals surface area contributed by atoms with Crippen molar-refractivity contribution in [3.63, 3.8) is 0 Å². The number of amides is 2. The molecule has 0 bridgehead atoms. The molecule has 0 saturated heterocycles. The summed E-state index contributed by atoms with van der Waals surface area (Å²) in [7, 11) is -2.45. The van der Waals surface area contributed by atoms with Gasteiger partial charge in [-0.15, -0.1) is 0 Å². The van der Waals surface area contributed by atoms with Gasteiger partial charge in [-0.25, -0.2) is 8.42 Å². The van der Waals surface area contributed by atoms with Crippen LogP contribution in [0.5, 0.6) is 5.75 Å². The van der Waals surface area contributed by atoms with Crippen LogP contribution in [0.4, 0.5) is 5.69 Å². The zero-order valence-corrected chi connectivity index (χ0v) is 26.5. The lowest BCUT2D eigenvalue weighted by Crippen LogP contribution is -2.53. The number of halogens is 2. The second-order valence-electron chi connectivity index (χ2n) is 9.59. The SMILES string of the molecule is CCCCNC(=O)C(Cc1ccccc1)N(Cc1cccc(Br)c1)C(=O)CN(c1ccc(OC)c(Cl)c1)S(C)(=O)=O. The van der Waals surface area contributed by atoms with Gasteiger partial charge in [-0.1, -0.05) is 83.3 Å². The van der Waals surface area contributed by atoms with Crippen molar-refractivity contribution in [2.75, 3.05) is 30.8 Å². The van der Waals surface area contributed by atoms with Crippen LogP contribution in [0.1, 0.15) is 30.9 Å². The topological polar surface area (TPSA) is 96.0 Å². The summed E-state index contributed by atoms with van der Waals surface area (Å²) in [5.74, 6) is -0.462. The standard InChI is InChI=1S/C30H35BrClN3O5S/c1-4-5-16-33-30(37)27(18-22-10-7-6-8-11-22)34(20-23-12-9-13-24(31)17-23)29(36)21-35(41(3,38)39)25-14-15-28(40-2)26(32)19-25/h6-15,17,19,27H,4-5,16,18,20-21H2,1-3H3,(H,33,37). The molecule has 220 valence electrons. The van der Waals surface area contributed by atoms with Gasteiger partial charge in [0.25, 0.3) is 0 Å². The molecular weight excluding hydrogens is 630 g/mol. The van der Waals surface area contributed by atoms with Crippen molar-refractivity contribution in [1.82, 2.24) is 10.2 Å². The molecule has 0 saturated carbocycles. The number of anilines is 1. The molecule has 0 aliphatic carbocycles. The Balaban J connectivity index is 2.04. The average Bonchev–Trinajstić information content (AvgIpc) is 2.93.